The van der Waals surface area contributed by atoms with Crippen molar-refractivity contribution >= 4 is 22.0 Å². The third kappa shape index (κ3) is 5.68. The van der Waals surface area contributed by atoms with Crippen molar-refractivity contribution in [1.29, 1.82) is 0 Å². The zero-order valence-corrected chi connectivity index (χ0v) is 14.8. The molecule has 0 aliphatic carbocycles. The molecule has 0 bridgehead atoms. The van der Waals surface area contributed by atoms with Gasteiger partial charge in [-0.25, -0.2) is 0 Å². The topological polar surface area (TPSA) is 21.3 Å². The molecule has 1 aromatic rings. The Hall–Kier alpha value is -0.800. The first-order valence-corrected chi connectivity index (χ1v) is 7.98. The van der Waals surface area contributed by atoms with E-state index in [-0.39, 0.29) is 0 Å². The van der Waals surface area contributed by atoms with Crippen LogP contribution in [0.1, 0.15) is 33.3 Å². The standard InChI is InChI=1S/C17H26BrNO/c1-12(2)10-19-11-15(13(3)4)8-14-9-16(18)6-7-17(14)20-5/h6-9,12-13,19H,10-11H2,1-5H3. The van der Waals surface area contributed by atoms with Crippen LogP contribution in [0.15, 0.2) is 28.2 Å². The van der Waals surface area contributed by atoms with Crippen molar-refractivity contribution in [2.45, 2.75) is 27.7 Å². The maximum absolute atomic E-state index is 5.44. The number of nitrogens with one attached hydrogen (secondary N) is 1. The minimum Gasteiger partial charge on any atom is -0.496 e. The first-order valence-electron chi connectivity index (χ1n) is 7.18. The van der Waals surface area contributed by atoms with Crippen LogP contribution in [0.3, 0.4) is 0 Å². The minimum atomic E-state index is 0.512. The zero-order valence-electron chi connectivity index (χ0n) is 13.2. The summed E-state index contributed by atoms with van der Waals surface area (Å²) in [5, 5.41) is 3.52. The molecule has 0 atom stereocenters. The summed E-state index contributed by atoms with van der Waals surface area (Å²) < 4.78 is 6.51. The molecular weight excluding hydrogens is 314 g/mol. The summed E-state index contributed by atoms with van der Waals surface area (Å²) in [6.45, 7) is 10.9. The molecule has 3 heteroatoms. The smallest absolute Gasteiger partial charge is 0.126 e. The summed E-state index contributed by atoms with van der Waals surface area (Å²) in [5.74, 6) is 2.09. The highest BCUT2D eigenvalue weighted by molar-refractivity contribution is 9.10. The van der Waals surface area contributed by atoms with Gasteiger partial charge in [-0.05, 0) is 36.6 Å². The Labute approximate surface area is 131 Å². The van der Waals surface area contributed by atoms with Gasteiger partial charge in [-0.1, -0.05) is 55.3 Å². The Morgan fingerprint density at radius 1 is 1.30 bits per heavy atom. The predicted octanol–water partition coefficient (Wildman–Crippen LogP) is 4.74. The summed E-state index contributed by atoms with van der Waals surface area (Å²) in [7, 11) is 1.71. The Balaban J connectivity index is 2.92. The van der Waals surface area contributed by atoms with Gasteiger partial charge in [0.05, 0.1) is 7.11 Å². The highest BCUT2D eigenvalue weighted by Gasteiger charge is 2.07. The molecule has 1 N–H and O–H groups in total. The Kier molecular flexibility index (Phi) is 7.31. The van der Waals surface area contributed by atoms with Crippen molar-refractivity contribution < 1.29 is 4.74 Å². The molecule has 2 nitrogen and oxygen atoms in total. The lowest BCUT2D eigenvalue weighted by atomic mass is 9.99. The fourth-order valence-electron chi connectivity index (χ4n) is 1.94. The molecular formula is C17H26BrNO. The van der Waals surface area contributed by atoms with Crippen molar-refractivity contribution in [2.24, 2.45) is 11.8 Å². The maximum Gasteiger partial charge on any atom is 0.126 e. The van der Waals surface area contributed by atoms with Crippen LogP contribution in [0.4, 0.5) is 0 Å². The van der Waals surface area contributed by atoms with E-state index in [1.165, 1.54) is 5.57 Å². The average Bonchev–Trinajstić information content (AvgIpc) is 2.37. The Bertz CT molecular complexity index is 452. The van der Waals surface area contributed by atoms with Crippen LogP contribution in [0.2, 0.25) is 0 Å². The van der Waals surface area contributed by atoms with E-state index in [1.807, 2.05) is 12.1 Å². The molecule has 0 aliphatic rings. The first-order chi connectivity index (χ1) is 9.43. The number of rotatable bonds is 7. The van der Waals surface area contributed by atoms with Crippen LogP contribution >= 0.6 is 15.9 Å². The zero-order chi connectivity index (χ0) is 15.1. The van der Waals surface area contributed by atoms with Gasteiger partial charge in [0.15, 0.2) is 0 Å². The molecule has 0 heterocycles. The number of hydrogen-bond donors (Lipinski definition) is 1. The van der Waals surface area contributed by atoms with E-state index >= 15 is 0 Å². The van der Waals surface area contributed by atoms with Gasteiger partial charge in [-0.15, -0.1) is 0 Å². The summed E-state index contributed by atoms with van der Waals surface area (Å²) in [5.41, 5.74) is 2.51. The number of methoxy groups -OCH3 is 1. The monoisotopic (exact) mass is 339 g/mol. The summed E-state index contributed by atoms with van der Waals surface area (Å²) in [4.78, 5) is 0. The maximum atomic E-state index is 5.44. The molecule has 0 aliphatic heterocycles. The Morgan fingerprint density at radius 3 is 2.55 bits per heavy atom. The SMILES string of the molecule is COc1ccc(Br)cc1C=C(CNCC(C)C)C(C)C. The van der Waals surface area contributed by atoms with Crippen LogP contribution in [0.25, 0.3) is 6.08 Å². The first kappa shape index (κ1) is 17.3. The molecule has 20 heavy (non-hydrogen) atoms. The molecule has 0 aromatic heterocycles. The third-order valence-corrected chi connectivity index (χ3v) is 3.65. The van der Waals surface area contributed by atoms with Crippen molar-refractivity contribution in [2.75, 3.05) is 20.2 Å². The number of benzene rings is 1. The van der Waals surface area contributed by atoms with Gasteiger partial charge in [0, 0.05) is 16.6 Å². The van der Waals surface area contributed by atoms with E-state index < -0.39 is 0 Å². The van der Waals surface area contributed by atoms with Gasteiger partial charge in [0.2, 0.25) is 0 Å². The van der Waals surface area contributed by atoms with E-state index in [4.69, 9.17) is 4.74 Å². The Morgan fingerprint density at radius 2 is 2.00 bits per heavy atom. The lowest BCUT2D eigenvalue weighted by molar-refractivity contribution is 0.413. The molecule has 0 fully saturated rings. The van der Waals surface area contributed by atoms with Crippen molar-refractivity contribution in [3.8, 4) is 5.75 Å². The van der Waals surface area contributed by atoms with Gasteiger partial charge in [-0.2, -0.15) is 0 Å². The third-order valence-electron chi connectivity index (χ3n) is 3.16. The van der Waals surface area contributed by atoms with E-state index in [2.05, 4.69) is 61.1 Å². The highest BCUT2D eigenvalue weighted by atomic mass is 79.9. The fourth-order valence-corrected chi connectivity index (χ4v) is 2.32. The van der Waals surface area contributed by atoms with Crippen molar-refractivity contribution in [1.82, 2.24) is 5.32 Å². The number of hydrogen-bond acceptors (Lipinski definition) is 2. The average molecular weight is 340 g/mol. The molecule has 1 rings (SSSR count). The second-order valence-corrected chi connectivity index (χ2v) is 6.70. The van der Waals surface area contributed by atoms with E-state index in [0.717, 1.165) is 28.9 Å². The van der Waals surface area contributed by atoms with Gasteiger partial charge in [0.1, 0.15) is 5.75 Å². The predicted molar refractivity (Wildman–Crippen MR) is 91.2 cm³/mol. The van der Waals surface area contributed by atoms with Gasteiger partial charge < -0.3 is 10.1 Å². The van der Waals surface area contributed by atoms with E-state index in [1.54, 1.807) is 7.11 Å². The number of halogens is 1. The minimum absolute atomic E-state index is 0.512. The summed E-state index contributed by atoms with van der Waals surface area (Å²) in [6.07, 6.45) is 2.24. The summed E-state index contributed by atoms with van der Waals surface area (Å²) >= 11 is 3.52. The second kappa shape index (κ2) is 8.48. The molecule has 0 spiro atoms. The molecule has 0 radical (unpaired) electrons. The van der Waals surface area contributed by atoms with E-state index in [9.17, 15) is 0 Å². The lowest BCUT2D eigenvalue weighted by Gasteiger charge is -2.15. The largest absolute Gasteiger partial charge is 0.496 e. The van der Waals surface area contributed by atoms with Crippen molar-refractivity contribution in [3.05, 3.63) is 33.8 Å². The fraction of sp³-hybridized carbons (Fsp3) is 0.529. The quantitative estimate of drug-likeness (QED) is 0.774. The van der Waals surface area contributed by atoms with Crippen LogP contribution in [0.5, 0.6) is 5.75 Å². The van der Waals surface area contributed by atoms with Gasteiger partial charge in [-0.3, -0.25) is 0 Å². The molecule has 1 aromatic carbocycles. The molecule has 112 valence electrons. The van der Waals surface area contributed by atoms with Crippen LogP contribution < -0.4 is 10.1 Å². The van der Waals surface area contributed by atoms with Crippen LogP contribution in [-0.4, -0.2) is 20.2 Å². The number of ether oxygens (including phenoxy) is 1. The molecule has 0 saturated heterocycles. The van der Waals surface area contributed by atoms with Gasteiger partial charge >= 0.3 is 0 Å². The van der Waals surface area contributed by atoms with Crippen molar-refractivity contribution in [3.63, 3.8) is 0 Å². The lowest BCUT2D eigenvalue weighted by Crippen LogP contribution is -2.23. The normalized spacial score (nSPS) is 12.3. The van der Waals surface area contributed by atoms with Crippen LogP contribution in [0, 0.1) is 11.8 Å². The molecule has 0 unspecified atom stereocenters. The van der Waals surface area contributed by atoms with E-state index in [0.29, 0.717) is 11.8 Å². The van der Waals surface area contributed by atoms with Crippen LogP contribution in [-0.2, 0) is 0 Å². The molecule has 0 saturated carbocycles. The second-order valence-electron chi connectivity index (χ2n) is 5.78. The highest BCUT2D eigenvalue weighted by Crippen LogP contribution is 2.26. The molecule has 0 amide bonds. The van der Waals surface area contributed by atoms with Gasteiger partial charge in [0.25, 0.3) is 0 Å². The summed E-state index contributed by atoms with van der Waals surface area (Å²) in [6, 6.07) is 6.10.